The maximum atomic E-state index is 14.7. The average molecular weight is 397 g/mol. The summed E-state index contributed by atoms with van der Waals surface area (Å²) in [6.07, 6.45) is 2.61. The monoisotopic (exact) mass is 396 g/mol. The Morgan fingerprint density at radius 1 is 1.33 bits per heavy atom. The molecule has 3 rings (SSSR count). The molecule has 4 nitrogen and oxygen atoms in total. The maximum absolute atomic E-state index is 14.7. The van der Waals surface area contributed by atoms with Crippen LogP contribution in [0.1, 0.15) is 51.2 Å². The summed E-state index contributed by atoms with van der Waals surface area (Å²) in [7, 11) is -2.75. The molecular weight excluding hydrogens is 370 g/mol. The number of aliphatic imine (C=N–C) groups is 1. The van der Waals surface area contributed by atoms with Crippen molar-refractivity contribution in [1.29, 1.82) is 0 Å². The summed E-state index contributed by atoms with van der Waals surface area (Å²) in [5.74, 6) is 2.20. The van der Waals surface area contributed by atoms with Crippen molar-refractivity contribution in [3.05, 3.63) is 34.9 Å². The second kappa shape index (κ2) is 6.40. The van der Waals surface area contributed by atoms with Crippen LogP contribution in [0.3, 0.4) is 0 Å². The van der Waals surface area contributed by atoms with Gasteiger partial charge in [-0.2, -0.15) is 0 Å². The summed E-state index contributed by atoms with van der Waals surface area (Å²) in [5, 5.41) is 0. The van der Waals surface area contributed by atoms with Crippen molar-refractivity contribution in [2.24, 2.45) is 16.6 Å². The largest absolute Gasteiger partial charge is 0.386 e. The number of amidine groups is 1. The van der Waals surface area contributed by atoms with E-state index in [2.05, 4.69) is 10.9 Å². The third-order valence-corrected chi connectivity index (χ3v) is 8.81. The summed E-state index contributed by atoms with van der Waals surface area (Å²) in [4.78, 5) is 16.5. The third kappa shape index (κ3) is 3.66. The summed E-state index contributed by atoms with van der Waals surface area (Å²) >= 11 is 0. The highest BCUT2D eigenvalue weighted by atomic mass is 32.2. The quantitative estimate of drug-likeness (QED) is 0.778. The number of halogens is 2. The van der Waals surface area contributed by atoms with Crippen LogP contribution in [0, 0.1) is 17.6 Å². The van der Waals surface area contributed by atoms with Gasteiger partial charge >= 0.3 is 0 Å². The lowest BCUT2D eigenvalue weighted by Crippen LogP contribution is -2.54. The lowest BCUT2D eigenvalue weighted by Gasteiger charge is -2.41. The Kier molecular flexibility index (Phi) is 4.74. The lowest BCUT2D eigenvalue weighted by molar-refractivity contribution is -0.118. The fraction of sp³-hybridized carbons (Fsp3) is 0.550. The Bertz CT molecular complexity index is 934. The van der Waals surface area contributed by atoms with Gasteiger partial charge < -0.3 is 5.73 Å². The van der Waals surface area contributed by atoms with Crippen molar-refractivity contribution in [2.75, 3.05) is 5.75 Å². The molecule has 1 aliphatic carbocycles. The number of hydrogen-bond acceptors (Lipinski definition) is 4. The van der Waals surface area contributed by atoms with E-state index < -0.39 is 31.4 Å². The number of Topliss-reactive ketones (excluding diaryl/α,β-unsaturated/α-hetero) is 1. The van der Waals surface area contributed by atoms with Crippen LogP contribution in [0.25, 0.3) is 0 Å². The maximum Gasteiger partial charge on any atom is 0.164 e. The van der Waals surface area contributed by atoms with Gasteiger partial charge in [-0.3, -0.25) is 14.0 Å². The van der Waals surface area contributed by atoms with Gasteiger partial charge in [-0.15, -0.1) is 0 Å². The van der Waals surface area contributed by atoms with E-state index in [1.54, 1.807) is 20.8 Å². The van der Waals surface area contributed by atoms with Crippen LogP contribution in [0.2, 0.25) is 0 Å². The first-order chi connectivity index (χ1) is 12.4. The molecule has 1 unspecified atom stereocenters. The van der Waals surface area contributed by atoms with Gasteiger partial charge in [0.1, 0.15) is 11.6 Å². The van der Waals surface area contributed by atoms with E-state index in [9.17, 15) is 17.8 Å². The summed E-state index contributed by atoms with van der Waals surface area (Å²) < 4.78 is 41.1. The summed E-state index contributed by atoms with van der Waals surface area (Å²) in [6.45, 7) is 4.95. The van der Waals surface area contributed by atoms with Gasteiger partial charge in [-0.1, -0.05) is 0 Å². The van der Waals surface area contributed by atoms with Crippen LogP contribution in [0.5, 0.6) is 0 Å². The molecule has 2 N–H and O–H groups in total. The minimum Gasteiger partial charge on any atom is -0.386 e. The van der Waals surface area contributed by atoms with Gasteiger partial charge in [0, 0.05) is 24.2 Å². The number of hydrogen-bond donors (Lipinski definition) is 1. The molecule has 0 spiro atoms. The van der Waals surface area contributed by atoms with Gasteiger partial charge in [0.25, 0.3) is 0 Å². The summed E-state index contributed by atoms with van der Waals surface area (Å²) in [6, 6.07) is 2.50. The number of carbonyl (C=O) groups is 1. The second-order valence-corrected chi connectivity index (χ2v) is 11.5. The molecule has 0 bridgehead atoms. The second-order valence-electron chi connectivity index (χ2n) is 8.54. The fourth-order valence-corrected chi connectivity index (χ4v) is 5.39. The standard InChI is InChI=1S/C20H26F2N2O2S/c1-19(2)18(23)24-20(3,11-27(19,4)26)15-9-13(10-16(21)17(15)22)8-14(25)7-12-5-6-12/h9-10,12H,4-8,11H2,1-3H3,(H2,23,24)/t20-,27?/m0/s1. The van der Waals surface area contributed by atoms with Crippen molar-refractivity contribution < 1.29 is 17.8 Å². The van der Waals surface area contributed by atoms with E-state index in [1.807, 2.05) is 0 Å². The van der Waals surface area contributed by atoms with Gasteiger partial charge in [0.05, 0.1) is 10.3 Å². The molecule has 1 aromatic rings. The molecule has 1 saturated carbocycles. The highest BCUT2D eigenvalue weighted by Crippen LogP contribution is 2.39. The Morgan fingerprint density at radius 3 is 2.52 bits per heavy atom. The zero-order valence-electron chi connectivity index (χ0n) is 16.0. The summed E-state index contributed by atoms with van der Waals surface area (Å²) in [5.41, 5.74) is 5.08. The fourth-order valence-electron chi connectivity index (χ4n) is 3.48. The van der Waals surface area contributed by atoms with E-state index in [4.69, 9.17) is 5.73 Å². The Hall–Kier alpha value is -1.76. The van der Waals surface area contributed by atoms with E-state index in [0.717, 1.165) is 18.9 Å². The van der Waals surface area contributed by atoms with Crippen LogP contribution in [0.4, 0.5) is 8.78 Å². The van der Waals surface area contributed by atoms with Crippen molar-refractivity contribution in [3.8, 4) is 0 Å². The molecule has 0 amide bonds. The van der Waals surface area contributed by atoms with Crippen LogP contribution in [0.15, 0.2) is 17.1 Å². The smallest absolute Gasteiger partial charge is 0.164 e. The number of benzene rings is 1. The van der Waals surface area contributed by atoms with E-state index in [-0.39, 0.29) is 29.4 Å². The highest BCUT2D eigenvalue weighted by Gasteiger charge is 2.46. The van der Waals surface area contributed by atoms with Crippen molar-refractivity contribution >= 4 is 27.0 Å². The molecule has 1 aromatic carbocycles. The molecule has 0 radical (unpaired) electrons. The van der Waals surface area contributed by atoms with Crippen molar-refractivity contribution in [2.45, 2.75) is 56.7 Å². The molecule has 0 aromatic heterocycles. The number of nitrogens with zero attached hydrogens (tertiary/aromatic N) is 1. The lowest BCUT2D eigenvalue weighted by atomic mass is 9.90. The number of ketones is 1. The molecule has 7 heteroatoms. The van der Waals surface area contributed by atoms with Gasteiger partial charge in [-0.25, -0.2) is 8.78 Å². The Balaban J connectivity index is 2.02. The van der Waals surface area contributed by atoms with Crippen LogP contribution < -0.4 is 5.73 Å². The molecule has 1 heterocycles. The van der Waals surface area contributed by atoms with Crippen molar-refractivity contribution in [3.63, 3.8) is 0 Å². The number of rotatable bonds is 5. The zero-order valence-corrected chi connectivity index (χ0v) is 16.8. The topological polar surface area (TPSA) is 72.5 Å². The zero-order chi connectivity index (χ0) is 20.2. The molecule has 0 saturated heterocycles. The normalized spacial score (nSPS) is 30.0. The van der Waals surface area contributed by atoms with E-state index >= 15 is 0 Å². The Morgan fingerprint density at radius 2 is 1.96 bits per heavy atom. The molecule has 1 fully saturated rings. The molecule has 148 valence electrons. The van der Waals surface area contributed by atoms with Crippen LogP contribution in [-0.4, -0.2) is 32.2 Å². The first-order valence-electron chi connectivity index (χ1n) is 9.06. The minimum absolute atomic E-state index is 0.00774. The molecule has 27 heavy (non-hydrogen) atoms. The predicted molar refractivity (Wildman–Crippen MR) is 106 cm³/mol. The third-order valence-electron chi connectivity index (χ3n) is 5.71. The molecular formula is C20H26F2N2O2S. The van der Waals surface area contributed by atoms with Gasteiger partial charge in [0.2, 0.25) is 0 Å². The minimum atomic E-state index is -2.75. The van der Waals surface area contributed by atoms with Crippen LogP contribution in [-0.2, 0) is 26.3 Å². The first-order valence-corrected chi connectivity index (χ1v) is 11.0. The van der Waals surface area contributed by atoms with Gasteiger partial charge in [0.15, 0.2) is 11.6 Å². The molecule has 2 atom stereocenters. The number of carbonyl (C=O) groups excluding carboxylic acids is 1. The van der Waals surface area contributed by atoms with Gasteiger partial charge in [-0.05, 0) is 72.6 Å². The average Bonchev–Trinajstić information content (AvgIpc) is 3.32. The predicted octanol–water partition coefficient (Wildman–Crippen LogP) is 2.96. The number of nitrogens with two attached hydrogens (primary N) is 1. The van der Waals surface area contributed by atoms with Crippen LogP contribution >= 0.6 is 0 Å². The van der Waals surface area contributed by atoms with E-state index in [1.165, 1.54) is 6.07 Å². The first kappa shape index (κ1) is 20.0. The molecule has 2 aliphatic rings. The highest BCUT2D eigenvalue weighted by molar-refractivity contribution is 8.02. The SMILES string of the molecule is C=S1(=O)C[C@@](C)(c2cc(CC(=O)CC3CC3)cc(F)c2F)N=C(N)C1(C)C. The molecule has 1 aliphatic heterocycles. The van der Waals surface area contributed by atoms with Crippen molar-refractivity contribution in [1.82, 2.24) is 0 Å². The Labute approximate surface area is 159 Å². The van der Waals surface area contributed by atoms with E-state index in [0.29, 0.717) is 17.9 Å².